The van der Waals surface area contributed by atoms with E-state index >= 15 is 0 Å². The molecule has 0 unspecified atom stereocenters. The number of piperazine rings is 1. The third kappa shape index (κ3) is 4.04. The topological polar surface area (TPSA) is 32.8 Å². The minimum atomic E-state index is -0.435. The van der Waals surface area contributed by atoms with Crippen LogP contribution in [0.25, 0.3) is 0 Å². The van der Waals surface area contributed by atoms with E-state index in [4.69, 9.17) is 16.3 Å². The Morgan fingerprint density at radius 2 is 1.79 bits per heavy atom. The van der Waals surface area contributed by atoms with Crippen molar-refractivity contribution in [2.45, 2.75) is 57.2 Å². The van der Waals surface area contributed by atoms with Crippen LogP contribution in [0, 0.1) is 0 Å². The molecular formula is C19H27ClN2O2. The first-order chi connectivity index (χ1) is 11.3. The molecule has 24 heavy (non-hydrogen) atoms. The van der Waals surface area contributed by atoms with Crippen LogP contribution in [0.2, 0.25) is 0 Å². The molecule has 2 aliphatic rings. The van der Waals surface area contributed by atoms with Gasteiger partial charge >= 0.3 is 6.09 Å². The average Bonchev–Trinajstić information content (AvgIpc) is 3.28. The Morgan fingerprint density at radius 3 is 2.33 bits per heavy atom. The number of benzene rings is 1. The Hall–Kier alpha value is -1.26. The number of alkyl halides is 1. The molecule has 1 aromatic rings. The first kappa shape index (κ1) is 17.6. The molecule has 2 fully saturated rings. The highest BCUT2D eigenvalue weighted by atomic mass is 35.5. The largest absolute Gasteiger partial charge is 0.444 e. The quantitative estimate of drug-likeness (QED) is 0.772. The van der Waals surface area contributed by atoms with Crippen LogP contribution in [-0.4, -0.2) is 46.7 Å². The zero-order valence-electron chi connectivity index (χ0n) is 14.8. The monoisotopic (exact) mass is 350 g/mol. The summed E-state index contributed by atoms with van der Waals surface area (Å²) >= 11 is 5.86. The summed E-state index contributed by atoms with van der Waals surface area (Å²) in [5.74, 6) is 0.554. The number of carbonyl (C=O) groups excluding carboxylic acids is 1. The molecular weight excluding hydrogens is 324 g/mol. The number of nitrogens with zero attached hydrogens (tertiary/aromatic N) is 2. The fraction of sp³-hybridized carbons (Fsp3) is 0.632. The second-order valence-corrected chi connectivity index (χ2v) is 8.27. The number of rotatable bonds is 3. The third-order valence-electron chi connectivity index (χ3n) is 4.83. The SMILES string of the molecule is CC(C)(C)OC(=O)N1CCN(Cc2ccc(CCl)cc2)C2(CC2)C1. The first-order valence-corrected chi connectivity index (χ1v) is 9.22. The average molecular weight is 351 g/mol. The van der Waals surface area contributed by atoms with Crippen LogP contribution in [0.5, 0.6) is 0 Å². The molecule has 1 aromatic carbocycles. The summed E-state index contributed by atoms with van der Waals surface area (Å²) in [6, 6.07) is 8.51. The van der Waals surface area contributed by atoms with Crippen molar-refractivity contribution < 1.29 is 9.53 Å². The van der Waals surface area contributed by atoms with E-state index < -0.39 is 5.60 Å². The van der Waals surface area contributed by atoms with Gasteiger partial charge in [0.2, 0.25) is 0 Å². The van der Waals surface area contributed by atoms with Gasteiger partial charge in [0.05, 0.1) is 0 Å². The lowest BCUT2D eigenvalue weighted by Crippen LogP contribution is -2.56. The molecule has 0 N–H and O–H groups in total. The molecule has 5 heteroatoms. The zero-order chi connectivity index (χ0) is 17.4. The Balaban J connectivity index is 1.61. The number of amides is 1. The summed E-state index contributed by atoms with van der Waals surface area (Å²) in [4.78, 5) is 16.7. The van der Waals surface area contributed by atoms with Crippen molar-refractivity contribution in [1.29, 1.82) is 0 Å². The smallest absolute Gasteiger partial charge is 0.410 e. The lowest BCUT2D eigenvalue weighted by atomic mass is 10.1. The minimum absolute atomic E-state index is 0.153. The van der Waals surface area contributed by atoms with Crippen molar-refractivity contribution in [2.75, 3.05) is 19.6 Å². The molecule has 4 nitrogen and oxygen atoms in total. The maximum absolute atomic E-state index is 12.3. The molecule has 1 amide bonds. The Morgan fingerprint density at radius 1 is 1.17 bits per heavy atom. The molecule has 1 saturated carbocycles. The lowest BCUT2D eigenvalue weighted by Gasteiger charge is -2.42. The predicted octanol–water partition coefficient (Wildman–Crippen LogP) is 4.01. The highest BCUT2D eigenvalue weighted by Gasteiger charge is 2.52. The molecule has 1 aliphatic heterocycles. The van der Waals surface area contributed by atoms with E-state index in [1.54, 1.807) is 0 Å². The van der Waals surface area contributed by atoms with Crippen molar-refractivity contribution >= 4 is 17.7 Å². The number of halogens is 1. The van der Waals surface area contributed by atoms with Gasteiger partial charge in [-0.2, -0.15) is 0 Å². The second kappa shape index (κ2) is 6.57. The van der Waals surface area contributed by atoms with E-state index in [1.807, 2.05) is 25.7 Å². The predicted molar refractivity (Wildman–Crippen MR) is 96.2 cm³/mol. The molecule has 1 aliphatic carbocycles. The summed E-state index contributed by atoms with van der Waals surface area (Å²) in [6.07, 6.45) is 2.14. The highest BCUT2D eigenvalue weighted by molar-refractivity contribution is 6.17. The van der Waals surface area contributed by atoms with Crippen LogP contribution in [0.4, 0.5) is 4.79 Å². The highest BCUT2D eigenvalue weighted by Crippen LogP contribution is 2.45. The van der Waals surface area contributed by atoms with E-state index in [0.717, 1.165) is 44.6 Å². The molecule has 0 atom stereocenters. The lowest BCUT2D eigenvalue weighted by molar-refractivity contribution is -0.00238. The summed E-state index contributed by atoms with van der Waals surface area (Å²) in [7, 11) is 0. The van der Waals surface area contributed by atoms with Gasteiger partial charge in [0.1, 0.15) is 5.60 Å². The van der Waals surface area contributed by atoms with Crippen molar-refractivity contribution in [2.24, 2.45) is 0 Å². The van der Waals surface area contributed by atoms with Crippen LogP contribution in [0.1, 0.15) is 44.7 Å². The normalized spacial score (nSPS) is 20.2. The molecule has 0 aromatic heterocycles. The van der Waals surface area contributed by atoms with Crippen LogP contribution in [-0.2, 0) is 17.2 Å². The Kier molecular flexibility index (Phi) is 4.80. The molecule has 1 heterocycles. The van der Waals surface area contributed by atoms with E-state index in [0.29, 0.717) is 5.88 Å². The van der Waals surface area contributed by atoms with Crippen LogP contribution in [0.15, 0.2) is 24.3 Å². The van der Waals surface area contributed by atoms with Gasteiger partial charge in [-0.25, -0.2) is 4.79 Å². The summed E-state index contributed by atoms with van der Waals surface area (Å²) in [5, 5.41) is 0. The Bertz CT molecular complexity index is 590. The second-order valence-electron chi connectivity index (χ2n) is 8.00. The minimum Gasteiger partial charge on any atom is -0.444 e. The molecule has 0 radical (unpaired) electrons. The van der Waals surface area contributed by atoms with Gasteiger partial charge in [-0.3, -0.25) is 4.90 Å². The third-order valence-corrected chi connectivity index (χ3v) is 5.13. The van der Waals surface area contributed by atoms with Crippen LogP contribution < -0.4 is 0 Å². The molecule has 3 rings (SSSR count). The van der Waals surface area contributed by atoms with Crippen LogP contribution >= 0.6 is 11.6 Å². The van der Waals surface area contributed by atoms with E-state index in [-0.39, 0.29) is 11.6 Å². The van der Waals surface area contributed by atoms with Crippen molar-refractivity contribution in [3.05, 3.63) is 35.4 Å². The molecule has 0 bridgehead atoms. The van der Waals surface area contributed by atoms with Gasteiger partial charge in [-0.05, 0) is 44.7 Å². The van der Waals surface area contributed by atoms with Crippen molar-refractivity contribution in [3.63, 3.8) is 0 Å². The van der Waals surface area contributed by atoms with Gasteiger partial charge < -0.3 is 9.64 Å². The molecule has 132 valence electrons. The summed E-state index contributed by atoms with van der Waals surface area (Å²) < 4.78 is 5.53. The van der Waals surface area contributed by atoms with Gasteiger partial charge in [0, 0.05) is 37.6 Å². The number of carbonyl (C=O) groups is 1. The summed E-state index contributed by atoms with van der Waals surface area (Å²) in [5.41, 5.74) is 2.17. The maximum atomic E-state index is 12.3. The summed E-state index contributed by atoms with van der Waals surface area (Å²) in [6.45, 7) is 9.09. The van der Waals surface area contributed by atoms with Gasteiger partial charge in [-0.1, -0.05) is 24.3 Å². The van der Waals surface area contributed by atoms with Gasteiger partial charge in [-0.15, -0.1) is 11.6 Å². The zero-order valence-corrected chi connectivity index (χ0v) is 15.6. The van der Waals surface area contributed by atoms with E-state index in [1.165, 1.54) is 5.56 Å². The standard InChI is InChI=1S/C19H27ClN2O2/c1-18(2,3)24-17(23)21-10-11-22(19(14-21)8-9-19)13-16-6-4-15(12-20)5-7-16/h4-7H,8-14H2,1-3H3. The number of ether oxygens (including phenoxy) is 1. The van der Waals surface area contributed by atoms with Crippen molar-refractivity contribution in [1.82, 2.24) is 9.80 Å². The first-order valence-electron chi connectivity index (χ1n) is 8.68. The fourth-order valence-electron chi connectivity index (χ4n) is 3.31. The molecule has 1 saturated heterocycles. The van der Waals surface area contributed by atoms with E-state index in [2.05, 4.69) is 29.2 Å². The van der Waals surface area contributed by atoms with Gasteiger partial charge in [0.15, 0.2) is 0 Å². The number of hydrogen-bond acceptors (Lipinski definition) is 3. The Labute approximate surface area is 149 Å². The molecule has 1 spiro atoms. The maximum Gasteiger partial charge on any atom is 0.410 e. The van der Waals surface area contributed by atoms with Crippen molar-refractivity contribution in [3.8, 4) is 0 Å². The van der Waals surface area contributed by atoms with E-state index in [9.17, 15) is 4.79 Å². The van der Waals surface area contributed by atoms with Crippen LogP contribution in [0.3, 0.4) is 0 Å². The number of hydrogen-bond donors (Lipinski definition) is 0. The fourth-order valence-corrected chi connectivity index (χ4v) is 3.49. The van der Waals surface area contributed by atoms with Gasteiger partial charge in [0.25, 0.3) is 0 Å².